The summed E-state index contributed by atoms with van der Waals surface area (Å²) in [7, 11) is 0. The average molecular weight is 457 g/mol. The maximum Gasteiger partial charge on any atom is 0.191 e. The molecule has 0 bridgehead atoms. The van der Waals surface area contributed by atoms with Crippen molar-refractivity contribution in [3.63, 3.8) is 0 Å². The Labute approximate surface area is 159 Å². The van der Waals surface area contributed by atoms with Crippen molar-refractivity contribution in [1.82, 2.24) is 10.6 Å². The molecule has 0 amide bonds. The zero-order valence-corrected chi connectivity index (χ0v) is 17.9. The zero-order valence-electron chi connectivity index (χ0n) is 14.0. The van der Waals surface area contributed by atoms with Gasteiger partial charge in [-0.2, -0.15) is 23.1 Å². The van der Waals surface area contributed by atoms with Crippen LogP contribution in [0, 0.1) is 0 Å². The summed E-state index contributed by atoms with van der Waals surface area (Å²) in [4.78, 5) is 4.61. The topological polar surface area (TPSA) is 56.7 Å². The second-order valence-electron chi connectivity index (χ2n) is 5.80. The van der Waals surface area contributed by atoms with Crippen LogP contribution in [0.3, 0.4) is 0 Å². The van der Waals surface area contributed by atoms with Gasteiger partial charge in [-0.15, -0.1) is 24.0 Å². The van der Waals surface area contributed by atoms with Crippen molar-refractivity contribution < 1.29 is 5.11 Å². The minimum atomic E-state index is -0.898. The van der Waals surface area contributed by atoms with Crippen molar-refractivity contribution in [3.8, 4) is 0 Å². The van der Waals surface area contributed by atoms with Crippen LogP contribution in [-0.2, 0) is 5.60 Å². The number of rotatable bonds is 7. The van der Waals surface area contributed by atoms with E-state index < -0.39 is 5.60 Å². The van der Waals surface area contributed by atoms with E-state index in [0.29, 0.717) is 6.54 Å². The molecule has 1 rings (SSSR count). The van der Waals surface area contributed by atoms with Crippen molar-refractivity contribution >= 4 is 53.0 Å². The molecule has 3 N–H and O–H groups in total. The van der Waals surface area contributed by atoms with Gasteiger partial charge in [-0.25, -0.2) is 0 Å². The molecule has 22 heavy (non-hydrogen) atoms. The van der Waals surface area contributed by atoms with Crippen molar-refractivity contribution in [3.05, 3.63) is 22.4 Å². The predicted octanol–water partition coefficient (Wildman–Crippen LogP) is 3.27. The summed E-state index contributed by atoms with van der Waals surface area (Å²) in [6.45, 7) is 10.1. The molecule has 1 aromatic rings. The number of thioether (sulfide) groups is 1. The quantitative estimate of drug-likeness (QED) is 0.334. The van der Waals surface area contributed by atoms with E-state index in [2.05, 4.69) is 35.7 Å². The molecule has 1 unspecified atom stereocenters. The number of nitrogens with one attached hydrogen (secondary N) is 2. The molecule has 1 heterocycles. The fourth-order valence-corrected chi connectivity index (χ4v) is 2.58. The van der Waals surface area contributed by atoms with Crippen molar-refractivity contribution in [2.45, 2.75) is 38.0 Å². The minimum Gasteiger partial charge on any atom is -0.384 e. The average Bonchev–Trinajstić information content (AvgIpc) is 2.97. The van der Waals surface area contributed by atoms with Gasteiger partial charge >= 0.3 is 0 Å². The molecule has 0 spiro atoms. The normalized spacial score (nSPS) is 14.9. The summed E-state index contributed by atoms with van der Waals surface area (Å²) in [5.41, 5.74) is 0.0332. The van der Waals surface area contributed by atoms with Crippen LogP contribution in [0.1, 0.15) is 33.3 Å². The maximum atomic E-state index is 10.5. The number of halogens is 1. The van der Waals surface area contributed by atoms with E-state index in [1.165, 1.54) is 0 Å². The molecule has 0 aliphatic rings. The lowest BCUT2D eigenvalue weighted by Gasteiger charge is -2.25. The fourth-order valence-electron chi connectivity index (χ4n) is 1.60. The first-order chi connectivity index (χ1) is 9.80. The van der Waals surface area contributed by atoms with Crippen LogP contribution >= 0.6 is 47.1 Å². The summed E-state index contributed by atoms with van der Waals surface area (Å²) >= 11 is 3.39. The summed E-state index contributed by atoms with van der Waals surface area (Å²) < 4.78 is 0.109. The number of hydrogen-bond donors (Lipinski definition) is 3. The van der Waals surface area contributed by atoms with E-state index >= 15 is 0 Å². The molecule has 0 aliphatic carbocycles. The molecule has 0 saturated carbocycles. The van der Waals surface area contributed by atoms with Crippen LogP contribution in [0.15, 0.2) is 21.8 Å². The predicted molar refractivity (Wildman–Crippen MR) is 111 cm³/mol. The smallest absolute Gasteiger partial charge is 0.191 e. The van der Waals surface area contributed by atoms with E-state index in [-0.39, 0.29) is 28.7 Å². The molecule has 7 heteroatoms. The van der Waals surface area contributed by atoms with Gasteiger partial charge in [-0.1, -0.05) is 0 Å². The molecule has 0 radical (unpaired) electrons. The number of thiophene rings is 1. The number of aliphatic hydroxyl groups is 1. The van der Waals surface area contributed by atoms with Crippen LogP contribution in [-0.4, -0.2) is 41.7 Å². The Morgan fingerprint density at radius 2 is 2.05 bits per heavy atom. The van der Waals surface area contributed by atoms with Gasteiger partial charge in [0.05, 0.1) is 13.1 Å². The van der Waals surface area contributed by atoms with Gasteiger partial charge in [0.15, 0.2) is 5.96 Å². The first kappa shape index (κ1) is 22.0. The lowest BCUT2D eigenvalue weighted by atomic mass is 9.99. The molecule has 1 aromatic heterocycles. The number of guanidine groups is 1. The van der Waals surface area contributed by atoms with Crippen LogP contribution in [0.4, 0.5) is 0 Å². The van der Waals surface area contributed by atoms with Crippen LogP contribution in [0.25, 0.3) is 0 Å². The molecule has 4 nitrogen and oxygen atoms in total. The minimum absolute atomic E-state index is 0. The third-order valence-corrected chi connectivity index (χ3v) is 5.18. The Hall–Kier alpha value is 0.01000. The summed E-state index contributed by atoms with van der Waals surface area (Å²) in [5, 5.41) is 20.9. The Balaban J connectivity index is 0.00000441. The van der Waals surface area contributed by atoms with Crippen molar-refractivity contribution in [2.24, 2.45) is 4.99 Å². The van der Waals surface area contributed by atoms with Gasteiger partial charge < -0.3 is 15.7 Å². The molecular formula is C15H28IN3OS2. The van der Waals surface area contributed by atoms with E-state index in [4.69, 9.17) is 0 Å². The van der Waals surface area contributed by atoms with E-state index in [9.17, 15) is 5.11 Å². The third kappa shape index (κ3) is 7.52. The van der Waals surface area contributed by atoms with Gasteiger partial charge in [0.1, 0.15) is 5.60 Å². The molecule has 1 atom stereocenters. The summed E-state index contributed by atoms with van der Waals surface area (Å²) in [6.07, 6.45) is 2.09. The van der Waals surface area contributed by atoms with Crippen molar-refractivity contribution in [2.75, 3.05) is 25.9 Å². The molecule has 0 aromatic carbocycles. The molecular weight excluding hydrogens is 429 g/mol. The molecule has 128 valence electrons. The number of hydrogen-bond acceptors (Lipinski definition) is 4. The summed E-state index contributed by atoms with van der Waals surface area (Å²) in [6, 6.07) is 1.95. The van der Waals surface area contributed by atoms with Crippen molar-refractivity contribution in [1.29, 1.82) is 0 Å². The van der Waals surface area contributed by atoms with E-state index in [0.717, 1.165) is 24.6 Å². The lowest BCUT2D eigenvalue weighted by molar-refractivity contribution is 0.0621. The van der Waals surface area contributed by atoms with Gasteiger partial charge in [0, 0.05) is 11.3 Å². The highest BCUT2D eigenvalue weighted by Gasteiger charge is 2.24. The SMILES string of the molecule is CCNC(=NCC(C)(C)SC)NCC(C)(O)c1ccsc1.I. The lowest BCUT2D eigenvalue weighted by Crippen LogP contribution is -2.45. The van der Waals surface area contributed by atoms with Gasteiger partial charge in [0.25, 0.3) is 0 Å². The van der Waals surface area contributed by atoms with Gasteiger partial charge in [-0.3, -0.25) is 4.99 Å². The Bertz CT molecular complexity index is 448. The first-order valence-electron chi connectivity index (χ1n) is 7.13. The van der Waals surface area contributed by atoms with E-state index in [1.807, 2.05) is 30.7 Å². The number of aliphatic imine (C=N–C) groups is 1. The zero-order chi connectivity index (χ0) is 15.9. The van der Waals surface area contributed by atoms with Crippen LogP contribution < -0.4 is 10.6 Å². The third-order valence-electron chi connectivity index (χ3n) is 3.26. The molecule has 0 aliphatic heterocycles. The van der Waals surface area contributed by atoms with Gasteiger partial charge in [-0.05, 0) is 56.3 Å². The highest BCUT2D eigenvalue weighted by Crippen LogP contribution is 2.22. The Kier molecular flexibility index (Phi) is 10.0. The molecule has 0 fully saturated rings. The first-order valence-corrected chi connectivity index (χ1v) is 9.30. The standard InChI is InChI=1S/C15H27N3OS2.HI/c1-6-16-13(17-10-14(2,3)20-5)18-11-15(4,19)12-7-8-21-9-12;/h7-9,19H,6,10-11H2,1-5H3,(H2,16,17,18);1H. The fraction of sp³-hybridized carbons (Fsp3) is 0.667. The highest BCUT2D eigenvalue weighted by atomic mass is 127. The van der Waals surface area contributed by atoms with Gasteiger partial charge in [0.2, 0.25) is 0 Å². The second kappa shape index (κ2) is 10.00. The maximum absolute atomic E-state index is 10.5. The van der Waals surface area contributed by atoms with Crippen LogP contribution in [0.5, 0.6) is 0 Å². The largest absolute Gasteiger partial charge is 0.384 e. The monoisotopic (exact) mass is 457 g/mol. The Morgan fingerprint density at radius 1 is 1.36 bits per heavy atom. The molecule has 0 saturated heterocycles. The summed E-state index contributed by atoms with van der Waals surface area (Å²) in [5.74, 6) is 0.745. The van der Waals surface area contributed by atoms with E-state index in [1.54, 1.807) is 23.1 Å². The number of nitrogens with zero attached hydrogens (tertiary/aromatic N) is 1. The van der Waals surface area contributed by atoms with Crippen LogP contribution in [0.2, 0.25) is 0 Å². The Morgan fingerprint density at radius 3 is 2.55 bits per heavy atom. The second-order valence-corrected chi connectivity index (χ2v) is 8.09. The highest BCUT2D eigenvalue weighted by molar-refractivity contribution is 14.0.